The van der Waals surface area contributed by atoms with Crippen molar-refractivity contribution in [1.82, 2.24) is 4.98 Å². The molecule has 0 spiro atoms. The van der Waals surface area contributed by atoms with E-state index in [1.165, 1.54) is 6.20 Å². The van der Waals surface area contributed by atoms with Gasteiger partial charge in [-0.2, -0.15) is 0 Å². The summed E-state index contributed by atoms with van der Waals surface area (Å²) in [7, 11) is 0. The Balaban J connectivity index is 2.70. The van der Waals surface area contributed by atoms with Gasteiger partial charge in [0.25, 0.3) is 0 Å². The Hall–Kier alpha value is -1.23. The average Bonchev–Trinajstić information content (AvgIpc) is 2.08. The molecule has 0 radical (unpaired) electrons. The minimum atomic E-state index is -1.43. The summed E-state index contributed by atoms with van der Waals surface area (Å²) >= 11 is 3.18. The van der Waals surface area contributed by atoms with Crippen LogP contribution in [-0.4, -0.2) is 21.8 Å². The van der Waals surface area contributed by atoms with E-state index in [2.05, 4.69) is 20.9 Å². The van der Waals surface area contributed by atoms with E-state index in [-0.39, 0.29) is 6.42 Å². The van der Waals surface area contributed by atoms with E-state index in [4.69, 9.17) is 5.11 Å². The number of carboxylic acid groups (broad SMARTS) is 1. The number of rotatable bonds is 3. The first-order valence-electron chi connectivity index (χ1n) is 3.46. The predicted octanol–water partition coefficient (Wildman–Crippen LogP) is 1.04. The van der Waals surface area contributed by atoms with Gasteiger partial charge in [0.1, 0.15) is 0 Å². The zero-order valence-electron chi connectivity index (χ0n) is 6.53. The van der Waals surface area contributed by atoms with Crippen LogP contribution in [0.25, 0.3) is 0 Å². The van der Waals surface area contributed by atoms with Gasteiger partial charge in [0.05, 0.1) is 6.42 Å². The maximum Gasteiger partial charge on any atom is 0.372 e. The lowest BCUT2D eigenvalue weighted by Gasteiger charge is -1.96. The molecule has 0 aliphatic rings. The Morgan fingerprint density at radius 3 is 2.62 bits per heavy atom. The van der Waals surface area contributed by atoms with E-state index in [1.54, 1.807) is 12.1 Å². The number of halogens is 1. The van der Waals surface area contributed by atoms with Crippen molar-refractivity contribution in [2.45, 2.75) is 6.42 Å². The van der Waals surface area contributed by atoms with E-state index < -0.39 is 11.8 Å². The molecular weight excluding hydrogens is 238 g/mol. The Labute approximate surface area is 82.7 Å². The Morgan fingerprint density at radius 2 is 2.15 bits per heavy atom. The third-order valence-corrected chi connectivity index (χ3v) is 1.84. The summed E-state index contributed by atoms with van der Waals surface area (Å²) in [6.45, 7) is 0. The number of hydrogen-bond acceptors (Lipinski definition) is 3. The van der Waals surface area contributed by atoms with Gasteiger partial charge in [0.15, 0.2) is 0 Å². The van der Waals surface area contributed by atoms with Crippen LogP contribution in [0.2, 0.25) is 0 Å². The van der Waals surface area contributed by atoms with Gasteiger partial charge >= 0.3 is 5.97 Å². The van der Waals surface area contributed by atoms with Gasteiger partial charge in [-0.1, -0.05) is 0 Å². The summed E-state index contributed by atoms with van der Waals surface area (Å²) in [4.78, 5) is 24.8. The molecule has 1 heterocycles. The molecule has 0 atom stereocenters. The lowest BCUT2D eigenvalue weighted by atomic mass is 10.2. The first kappa shape index (κ1) is 9.85. The number of carboxylic acids is 1. The molecule has 5 heteroatoms. The standard InChI is InChI=1S/C8H6BrNO3/c9-5-1-2-6(10-4-5)3-7(11)8(12)13/h1-2,4H,3H2,(H,12,13). The number of carbonyl (C=O) groups is 2. The minimum Gasteiger partial charge on any atom is -0.475 e. The summed E-state index contributed by atoms with van der Waals surface area (Å²) < 4.78 is 0.791. The maximum atomic E-state index is 10.7. The molecule has 0 aliphatic heterocycles. The second kappa shape index (κ2) is 4.13. The number of nitrogens with zero attached hydrogens (tertiary/aromatic N) is 1. The van der Waals surface area contributed by atoms with Gasteiger partial charge in [-0.25, -0.2) is 4.79 Å². The van der Waals surface area contributed by atoms with Crippen molar-refractivity contribution in [3.63, 3.8) is 0 Å². The van der Waals surface area contributed by atoms with Crippen LogP contribution in [0.4, 0.5) is 0 Å². The highest BCUT2D eigenvalue weighted by Gasteiger charge is 2.12. The third kappa shape index (κ3) is 2.95. The maximum absolute atomic E-state index is 10.7. The van der Waals surface area contributed by atoms with Crippen LogP contribution >= 0.6 is 15.9 Å². The van der Waals surface area contributed by atoms with Crippen LogP contribution in [0.3, 0.4) is 0 Å². The molecule has 0 saturated carbocycles. The van der Waals surface area contributed by atoms with Crippen molar-refractivity contribution < 1.29 is 14.7 Å². The molecule has 1 N–H and O–H groups in total. The zero-order chi connectivity index (χ0) is 9.84. The quantitative estimate of drug-likeness (QED) is 0.806. The SMILES string of the molecule is O=C(O)C(=O)Cc1ccc(Br)cn1. The van der Waals surface area contributed by atoms with Gasteiger partial charge in [-0.3, -0.25) is 9.78 Å². The number of hydrogen-bond donors (Lipinski definition) is 1. The van der Waals surface area contributed by atoms with E-state index >= 15 is 0 Å². The first-order chi connectivity index (χ1) is 6.09. The van der Waals surface area contributed by atoms with Crippen LogP contribution in [0.5, 0.6) is 0 Å². The number of aromatic nitrogens is 1. The van der Waals surface area contributed by atoms with E-state index in [1.807, 2.05) is 0 Å². The van der Waals surface area contributed by atoms with E-state index in [0.717, 1.165) is 4.47 Å². The van der Waals surface area contributed by atoms with Crippen molar-refractivity contribution >= 4 is 27.7 Å². The van der Waals surface area contributed by atoms with E-state index in [0.29, 0.717) is 5.69 Å². The van der Waals surface area contributed by atoms with Gasteiger partial charge in [-0.05, 0) is 28.1 Å². The second-order valence-electron chi connectivity index (χ2n) is 2.37. The van der Waals surface area contributed by atoms with E-state index in [9.17, 15) is 9.59 Å². The van der Waals surface area contributed by atoms with Gasteiger partial charge in [0.2, 0.25) is 5.78 Å². The molecule has 4 nitrogen and oxygen atoms in total. The van der Waals surface area contributed by atoms with Crippen LogP contribution in [-0.2, 0) is 16.0 Å². The highest BCUT2D eigenvalue weighted by molar-refractivity contribution is 9.10. The first-order valence-corrected chi connectivity index (χ1v) is 4.25. The molecule has 1 aromatic heterocycles. The average molecular weight is 244 g/mol. The lowest BCUT2D eigenvalue weighted by molar-refractivity contribution is -0.148. The number of aliphatic carboxylic acids is 1. The molecule has 0 bridgehead atoms. The normalized spacial score (nSPS) is 9.62. The largest absolute Gasteiger partial charge is 0.475 e. The van der Waals surface area contributed by atoms with Crippen LogP contribution in [0.1, 0.15) is 5.69 Å². The Kier molecular flexibility index (Phi) is 3.13. The van der Waals surface area contributed by atoms with Crippen LogP contribution in [0.15, 0.2) is 22.8 Å². The van der Waals surface area contributed by atoms with Gasteiger partial charge in [0, 0.05) is 16.4 Å². The Bertz CT molecular complexity index is 334. The third-order valence-electron chi connectivity index (χ3n) is 1.37. The summed E-state index contributed by atoms with van der Waals surface area (Å²) in [6, 6.07) is 3.31. The molecule has 13 heavy (non-hydrogen) atoms. The number of carbonyl (C=O) groups excluding carboxylic acids is 1. The van der Waals surface area contributed by atoms with Crippen molar-refractivity contribution in [2.24, 2.45) is 0 Å². The van der Waals surface area contributed by atoms with Crippen molar-refractivity contribution in [3.8, 4) is 0 Å². The fourth-order valence-electron chi connectivity index (χ4n) is 0.751. The van der Waals surface area contributed by atoms with Crippen molar-refractivity contribution in [3.05, 3.63) is 28.5 Å². The van der Waals surface area contributed by atoms with Gasteiger partial charge < -0.3 is 5.11 Å². The molecule has 0 unspecified atom stereocenters. The molecule has 0 aromatic carbocycles. The molecule has 1 rings (SSSR count). The smallest absolute Gasteiger partial charge is 0.372 e. The van der Waals surface area contributed by atoms with Crippen molar-refractivity contribution in [2.75, 3.05) is 0 Å². The molecule has 0 amide bonds. The van der Waals surface area contributed by atoms with Gasteiger partial charge in [-0.15, -0.1) is 0 Å². The zero-order valence-corrected chi connectivity index (χ0v) is 8.11. The summed E-state index contributed by atoms with van der Waals surface area (Å²) in [5.41, 5.74) is 0.454. The topological polar surface area (TPSA) is 67.3 Å². The molecule has 0 saturated heterocycles. The fraction of sp³-hybridized carbons (Fsp3) is 0.125. The number of ketones is 1. The lowest BCUT2D eigenvalue weighted by Crippen LogP contribution is -2.15. The Morgan fingerprint density at radius 1 is 1.46 bits per heavy atom. The predicted molar refractivity (Wildman–Crippen MR) is 48.3 cm³/mol. The summed E-state index contributed by atoms with van der Waals surface area (Å²) in [5, 5.41) is 8.31. The van der Waals surface area contributed by atoms with Crippen LogP contribution < -0.4 is 0 Å². The summed E-state index contributed by atoms with van der Waals surface area (Å²) in [5.74, 6) is -2.28. The highest BCUT2D eigenvalue weighted by Crippen LogP contribution is 2.07. The summed E-state index contributed by atoms with van der Waals surface area (Å²) in [6.07, 6.45) is 1.35. The van der Waals surface area contributed by atoms with Crippen molar-refractivity contribution in [1.29, 1.82) is 0 Å². The van der Waals surface area contributed by atoms with Crippen LogP contribution in [0, 0.1) is 0 Å². The second-order valence-corrected chi connectivity index (χ2v) is 3.29. The number of pyridine rings is 1. The molecular formula is C8H6BrNO3. The molecule has 0 aliphatic carbocycles. The fourth-order valence-corrected chi connectivity index (χ4v) is 0.986. The highest BCUT2D eigenvalue weighted by atomic mass is 79.9. The minimum absolute atomic E-state index is 0.164. The number of Topliss-reactive ketones (excluding diaryl/α,β-unsaturated/α-hetero) is 1. The molecule has 0 fully saturated rings. The molecule has 68 valence electrons. The molecule has 1 aromatic rings. The monoisotopic (exact) mass is 243 g/mol.